The Hall–Kier alpha value is -0.240. The van der Waals surface area contributed by atoms with E-state index in [1.807, 2.05) is 25.1 Å². The summed E-state index contributed by atoms with van der Waals surface area (Å²) in [5.41, 5.74) is 0.828. The van der Waals surface area contributed by atoms with E-state index in [2.05, 4.69) is 6.92 Å². The second-order valence-corrected chi connectivity index (χ2v) is 6.50. The fourth-order valence-corrected chi connectivity index (χ4v) is 2.80. The SMILES string of the molecule is C[C@]1(O)CC[C@](C)(c2ccc(Cl)c(Cl)c2)CC1. The predicted octanol–water partition coefficient (Wildman–Crippen LogP) is 4.58. The Morgan fingerprint density at radius 3 is 2.12 bits per heavy atom. The molecule has 0 heterocycles. The zero-order valence-electron chi connectivity index (χ0n) is 10.3. The van der Waals surface area contributed by atoms with Gasteiger partial charge < -0.3 is 5.11 Å². The molecule has 1 aliphatic carbocycles. The van der Waals surface area contributed by atoms with Crippen LogP contribution in [0.15, 0.2) is 18.2 Å². The second kappa shape index (κ2) is 4.46. The molecule has 1 aromatic rings. The van der Waals surface area contributed by atoms with Crippen molar-refractivity contribution in [3.05, 3.63) is 33.8 Å². The van der Waals surface area contributed by atoms with Crippen molar-refractivity contribution in [1.29, 1.82) is 0 Å². The number of hydrogen-bond donors (Lipinski definition) is 1. The predicted molar refractivity (Wildman–Crippen MR) is 72.9 cm³/mol. The zero-order valence-corrected chi connectivity index (χ0v) is 11.8. The third-order valence-corrected chi connectivity index (χ3v) is 4.79. The summed E-state index contributed by atoms with van der Waals surface area (Å²) < 4.78 is 0. The number of hydrogen-bond acceptors (Lipinski definition) is 1. The first kappa shape index (κ1) is 13.2. The molecule has 1 aromatic carbocycles. The Balaban J connectivity index is 2.24. The quantitative estimate of drug-likeness (QED) is 0.794. The molecule has 1 saturated carbocycles. The molecular weight excluding hydrogens is 255 g/mol. The number of halogens is 2. The van der Waals surface area contributed by atoms with Crippen LogP contribution in [0.4, 0.5) is 0 Å². The highest BCUT2D eigenvalue weighted by molar-refractivity contribution is 6.42. The van der Waals surface area contributed by atoms with Crippen LogP contribution in [0.3, 0.4) is 0 Å². The molecule has 0 saturated heterocycles. The van der Waals surface area contributed by atoms with Crippen molar-refractivity contribution in [2.45, 2.75) is 50.5 Å². The van der Waals surface area contributed by atoms with Gasteiger partial charge in [0.2, 0.25) is 0 Å². The van der Waals surface area contributed by atoms with E-state index < -0.39 is 5.60 Å². The molecule has 1 fully saturated rings. The van der Waals surface area contributed by atoms with Gasteiger partial charge in [-0.25, -0.2) is 0 Å². The van der Waals surface area contributed by atoms with E-state index in [4.69, 9.17) is 23.2 Å². The van der Waals surface area contributed by atoms with Crippen molar-refractivity contribution < 1.29 is 5.11 Å². The van der Waals surface area contributed by atoms with Gasteiger partial charge in [-0.1, -0.05) is 36.2 Å². The van der Waals surface area contributed by atoms with Gasteiger partial charge >= 0.3 is 0 Å². The van der Waals surface area contributed by atoms with Gasteiger partial charge in [0.15, 0.2) is 0 Å². The van der Waals surface area contributed by atoms with Crippen molar-refractivity contribution in [3.63, 3.8) is 0 Å². The highest BCUT2D eigenvalue weighted by Crippen LogP contribution is 2.43. The minimum atomic E-state index is -0.504. The summed E-state index contributed by atoms with van der Waals surface area (Å²) in [6, 6.07) is 5.87. The van der Waals surface area contributed by atoms with Crippen LogP contribution in [0.1, 0.15) is 45.1 Å². The fourth-order valence-electron chi connectivity index (χ4n) is 2.50. The molecule has 17 heavy (non-hydrogen) atoms. The van der Waals surface area contributed by atoms with E-state index in [1.54, 1.807) is 0 Å². The molecule has 2 rings (SSSR count). The highest BCUT2D eigenvalue weighted by Gasteiger charge is 2.37. The maximum absolute atomic E-state index is 10.0. The molecule has 0 bridgehead atoms. The van der Waals surface area contributed by atoms with Crippen LogP contribution >= 0.6 is 23.2 Å². The monoisotopic (exact) mass is 272 g/mol. The van der Waals surface area contributed by atoms with Crippen LogP contribution < -0.4 is 0 Å². The van der Waals surface area contributed by atoms with Crippen LogP contribution in [0.5, 0.6) is 0 Å². The summed E-state index contributed by atoms with van der Waals surface area (Å²) in [6.45, 7) is 4.16. The Labute approximate surface area is 113 Å². The largest absolute Gasteiger partial charge is 0.390 e. The molecule has 0 spiro atoms. The molecule has 1 aliphatic rings. The van der Waals surface area contributed by atoms with Gasteiger partial charge in [0.25, 0.3) is 0 Å². The lowest BCUT2D eigenvalue weighted by Gasteiger charge is -2.41. The first-order valence-electron chi connectivity index (χ1n) is 6.00. The fraction of sp³-hybridized carbons (Fsp3) is 0.571. The summed E-state index contributed by atoms with van der Waals surface area (Å²) in [4.78, 5) is 0. The minimum absolute atomic E-state index is 0.108. The van der Waals surface area contributed by atoms with Gasteiger partial charge in [-0.05, 0) is 55.7 Å². The Kier molecular flexibility index (Phi) is 3.46. The molecule has 0 aromatic heterocycles. The Morgan fingerprint density at radius 2 is 1.59 bits per heavy atom. The molecule has 0 aliphatic heterocycles. The normalized spacial score (nSPS) is 33.7. The smallest absolute Gasteiger partial charge is 0.0620 e. The molecule has 0 amide bonds. The van der Waals surface area contributed by atoms with E-state index in [1.165, 1.54) is 5.56 Å². The van der Waals surface area contributed by atoms with Gasteiger partial charge in [-0.2, -0.15) is 0 Å². The van der Waals surface area contributed by atoms with Crippen molar-refractivity contribution in [1.82, 2.24) is 0 Å². The topological polar surface area (TPSA) is 20.2 Å². The standard InChI is InChI=1S/C14H18Cl2O/c1-13(5-7-14(2,17)8-6-13)10-3-4-11(15)12(16)9-10/h3-4,9,17H,5-8H2,1-2H3/t13-,14-. The van der Waals surface area contributed by atoms with Crippen LogP contribution in [0, 0.1) is 0 Å². The first-order chi connectivity index (χ1) is 7.82. The lowest BCUT2D eigenvalue weighted by molar-refractivity contribution is 0.00301. The number of aliphatic hydroxyl groups is 1. The lowest BCUT2D eigenvalue weighted by Crippen LogP contribution is -2.37. The van der Waals surface area contributed by atoms with Gasteiger partial charge in [0, 0.05) is 0 Å². The van der Waals surface area contributed by atoms with Crippen molar-refractivity contribution in [2.24, 2.45) is 0 Å². The van der Waals surface area contributed by atoms with E-state index in [9.17, 15) is 5.11 Å². The molecule has 0 radical (unpaired) electrons. The molecule has 1 nitrogen and oxygen atoms in total. The summed E-state index contributed by atoms with van der Waals surface area (Å²) in [6.07, 6.45) is 3.64. The number of rotatable bonds is 1. The van der Waals surface area contributed by atoms with Crippen LogP contribution in [-0.2, 0) is 5.41 Å². The van der Waals surface area contributed by atoms with Gasteiger partial charge in [-0.3, -0.25) is 0 Å². The summed E-state index contributed by atoms with van der Waals surface area (Å²) in [7, 11) is 0. The van der Waals surface area contributed by atoms with E-state index in [0.29, 0.717) is 10.0 Å². The molecular formula is C14H18Cl2O. The highest BCUT2D eigenvalue weighted by atomic mass is 35.5. The van der Waals surface area contributed by atoms with Gasteiger partial charge in [-0.15, -0.1) is 0 Å². The van der Waals surface area contributed by atoms with Gasteiger partial charge in [0.1, 0.15) is 0 Å². The molecule has 0 atom stereocenters. The maximum Gasteiger partial charge on any atom is 0.0620 e. The van der Waals surface area contributed by atoms with Crippen LogP contribution in [-0.4, -0.2) is 10.7 Å². The first-order valence-corrected chi connectivity index (χ1v) is 6.76. The van der Waals surface area contributed by atoms with E-state index in [-0.39, 0.29) is 5.41 Å². The van der Waals surface area contributed by atoms with Crippen LogP contribution in [0.25, 0.3) is 0 Å². The van der Waals surface area contributed by atoms with Crippen molar-refractivity contribution in [3.8, 4) is 0 Å². The second-order valence-electron chi connectivity index (χ2n) is 5.69. The molecule has 0 unspecified atom stereocenters. The molecule has 1 N–H and O–H groups in total. The summed E-state index contributed by atoms with van der Waals surface area (Å²) in [5, 5.41) is 11.2. The van der Waals surface area contributed by atoms with Crippen molar-refractivity contribution in [2.75, 3.05) is 0 Å². The maximum atomic E-state index is 10.0. The molecule has 94 valence electrons. The van der Waals surface area contributed by atoms with Crippen LogP contribution in [0.2, 0.25) is 10.0 Å². The van der Waals surface area contributed by atoms with E-state index >= 15 is 0 Å². The average Bonchev–Trinajstić information content (AvgIpc) is 2.27. The summed E-state index contributed by atoms with van der Waals surface area (Å²) in [5.74, 6) is 0. The summed E-state index contributed by atoms with van der Waals surface area (Å²) >= 11 is 12.0. The lowest BCUT2D eigenvalue weighted by atomic mass is 9.67. The van der Waals surface area contributed by atoms with E-state index in [0.717, 1.165) is 25.7 Å². The third-order valence-electron chi connectivity index (χ3n) is 4.05. The zero-order chi connectivity index (χ0) is 12.7. The average molecular weight is 273 g/mol. The van der Waals surface area contributed by atoms with Gasteiger partial charge in [0.05, 0.1) is 15.6 Å². The number of benzene rings is 1. The minimum Gasteiger partial charge on any atom is -0.390 e. The Bertz CT molecular complexity index is 416. The third kappa shape index (κ3) is 2.78. The van der Waals surface area contributed by atoms with Crippen molar-refractivity contribution >= 4 is 23.2 Å². The molecule has 3 heteroatoms. The Morgan fingerprint density at radius 1 is 1.00 bits per heavy atom.